The number of likely N-dealkylation sites (tertiary alicyclic amines) is 1. The molecule has 0 radical (unpaired) electrons. The third kappa shape index (κ3) is 5.15. The van der Waals surface area contributed by atoms with Gasteiger partial charge in [-0.1, -0.05) is 72.3 Å². The lowest BCUT2D eigenvalue weighted by molar-refractivity contribution is 0.143. The van der Waals surface area contributed by atoms with Gasteiger partial charge in [0.2, 0.25) is 0 Å². The second kappa shape index (κ2) is 10.7. The number of nitrogens with zero attached hydrogens (tertiary/aromatic N) is 5. The Balaban J connectivity index is 1.35. The molecule has 6 rings (SSSR count). The van der Waals surface area contributed by atoms with Crippen molar-refractivity contribution in [3.63, 3.8) is 0 Å². The van der Waals surface area contributed by atoms with Crippen molar-refractivity contribution in [1.29, 1.82) is 0 Å². The molecular formula is C31H32N6O. The first kappa shape index (κ1) is 24.2. The Labute approximate surface area is 222 Å². The molecule has 1 aliphatic heterocycles. The third-order valence-electron chi connectivity index (χ3n) is 7.68. The number of aromatic amines is 1. The minimum absolute atomic E-state index is 0.0907. The maximum Gasteiger partial charge on any atom is 0.253 e. The summed E-state index contributed by atoms with van der Waals surface area (Å²) in [6.07, 6.45) is 3.22. The fourth-order valence-corrected chi connectivity index (χ4v) is 5.68. The molecule has 0 saturated carbocycles. The van der Waals surface area contributed by atoms with E-state index in [0.29, 0.717) is 23.9 Å². The molecule has 3 aromatic carbocycles. The van der Waals surface area contributed by atoms with Crippen LogP contribution in [0.5, 0.6) is 0 Å². The average Bonchev–Trinajstić information content (AvgIpc) is 3.39. The normalized spacial score (nSPS) is 15.6. The molecule has 192 valence electrons. The van der Waals surface area contributed by atoms with E-state index in [9.17, 15) is 4.79 Å². The van der Waals surface area contributed by atoms with Gasteiger partial charge in [0.05, 0.1) is 6.54 Å². The Morgan fingerprint density at radius 3 is 2.37 bits per heavy atom. The molecule has 0 spiro atoms. The molecule has 3 heterocycles. The van der Waals surface area contributed by atoms with Crippen LogP contribution in [0.2, 0.25) is 0 Å². The number of fused-ring (bicyclic) bond motifs is 1. The van der Waals surface area contributed by atoms with Crippen LogP contribution in [0.15, 0.2) is 89.7 Å². The number of benzene rings is 3. The van der Waals surface area contributed by atoms with Crippen molar-refractivity contribution in [1.82, 2.24) is 30.1 Å². The standard InChI is InChI=1S/C31H32N6O/c1-22-12-13-28-26(18-22)20-27(31(38)32-28)29(30-33-34-35-37(30)21-25-10-6-3-7-11-25)36-16-14-24(15-17-36)19-23-8-4-2-5-9-23/h2-13,18,20,24,29H,14-17,19,21H2,1H3,(H,32,38)/t29-/m0/s1. The van der Waals surface area contributed by atoms with Crippen LogP contribution in [0, 0.1) is 12.8 Å². The molecule has 0 bridgehead atoms. The van der Waals surface area contributed by atoms with Crippen LogP contribution in [0.3, 0.4) is 0 Å². The van der Waals surface area contributed by atoms with Gasteiger partial charge >= 0.3 is 0 Å². The monoisotopic (exact) mass is 504 g/mol. The van der Waals surface area contributed by atoms with Crippen molar-refractivity contribution in [2.45, 2.75) is 38.8 Å². The van der Waals surface area contributed by atoms with Gasteiger partial charge in [-0.3, -0.25) is 9.69 Å². The molecule has 0 aliphatic carbocycles. The van der Waals surface area contributed by atoms with Gasteiger partial charge in [0.1, 0.15) is 6.04 Å². The van der Waals surface area contributed by atoms with Gasteiger partial charge in [-0.15, -0.1) is 5.10 Å². The zero-order valence-corrected chi connectivity index (χ0v) is 21.6. The van der Waals surface area contributed by atoms with Crippen molar-refractivity contribution in [3.8, 4) is 0 Å². The molecule has 1 aliphatic rings. The first-order valence-corrected chi connectivity index (χ1v) is 13.4. The number of piperidine rings is 1. The van der Waals surface area contributed by atoms with Gasteiger partial charge < -0.3 is 4.98 Å². The lowest BCUT2D eigenvalue weighted by Crippen LogP contribution is -2.41. The van der Waals surface area contributed by atoms with Crippen LogP contribution in [-0.4, -0.2) is 43.2 Å². The molecule has 1 saturated heterocycles. The van der Waals surface area contributed by atoms with Gasteiger partial charge in [-0.05, 0) is 90.3 Å². The SMILES string of the molecule is Cc1ccc2[nH]c(=O)c([C@@H](c3nnnn3Cc3ccccc3)N3CCC(Cc4ccccc4)CC3)cc2c1. The Hall–Kier alpha value is -4.10. The average molecular weight is 505 g/mol. The van der Waals surface area contributed by atoms with Crippen LogP contribution < -0.4 is 5.56 Å². The summed E-state index contributed by atoms with van der Waals surface area (Å²) in [4.78, 5) is 19.0. The number of H-pyrrole nitrogens is 1. The van der Waals surface area contributed by atoms with Gasteiger partial charge in [0.15, 0.2) is 5.82 Å². The first-order chi connectivity index (χ1) is 18.6. The van der Waals surface area contributed by atoms with Gasteiger partial charge in [-0.25, -0.2) is 4.68 Å². The highest BCUT2D eigenvalue weighted by Gasteiger charge is 2.33. The molecule has 7 heteroatoms. The molecule has 1 N–H and O–H groups in total. The predicted molar refractivity (Wildman–Crippen MR) is 149 cm³/mol. The summed E-state index contributed by atoms with van der Waals surface area (Å²) >= 11 is 0. The third-order valence-corrected chi connectivity index (χ3v) is 7.68. The lowest BCUT2D eigenvalue weighted by atomic mass is 9.89. The molecule has 1 atom stereocenters. The summed E-state index contributed by atoms with van der Waals surface area (Å²) in [5, 5.41) is 13.9. The summed E-state index contributed by atoms with van der Waals surface area (Å²) < 4.78 is 1.84. The number of aryl methyl sites for hydroxylation is 1. The predicted octanol–water partition coefficient (Wildman–Crippen LogP) is 4.92. The summed E-state index contributed by atoms with van der Waals surface area (Å²) in [7, 11) is 0. The highest BCUT2D eigenvalue weighted by Crippen LogP contribution is 2.32. The number of pyridine rings is 1. The highest BCUT2D eigenvalue weighted by atomic mass is 16.1. The molecule has 1 fully saturated rings. The number of nitrogens with one attached hydrogen (secondary N) is 1. The fourth-order valence-electron chi connectivity index (χ4n) is 5.68. The van der Waals surface area contributed by atoms with Crippen molar-refractivity contribution >= 4 is 10.9 Å². The smallest absolute Gasteiger partial charge is 0.253 e. The van der Waals surface area contributed by atoms with Crippen molar-refractivity contribution < 1.29 is 0 Å². The summed E-state index contributed by atoms with van der Waals surface area (Å²) in [5.74, 6) is 1.32. The molecular weight excluding hydrogens is 472 g/mol. The number of aromatic nitrogens is 5. The zero-order valence-electron chi connectivity index (χ0n) is 21.6. The van der Waals surface area contributed by atoms with E-state index in [0.717, 1.165) is 54.4 Å². The topological polar surface area (TPSA) is 79.7 Å². The zero-order chi connectivity index (χ0) is 25.9. The number of tetrazole rings is 1. The maximum absolute atomic E-state index is 13.5. The van der Waals surface area contributed by atoms with E-state index in [1.54, 1.807) is 0 Å². The second-order valence-corrected chi connectivity index (χ2v) is 10.4. The number of hydrogen-bond acceptors (Lipinski definition) is 5. The maximum atomic E-state index is 13.5. The minimum atomic E-state index is -0.333. The van der Waals surface area contributed by atoms with Crippen LogP contribution >= 0.6 is 0 Å². The van der Waals surface area contributed by atoms with E-state index in [1.807, 2.05) is 41.1 Å². The highest BCUT2D eigenvalue weighted by molar-refractivity contribution is 5.79. The quantitative estimate of drug-likeness (QED) is 0.341. The van der Waals surface area contributed by atoms with E-state index in [4.69, 9.17) is 0 Å². The summed E-state index contributed by atoms with van der Waals surface area (Å²) in [6.45, 7) is 4.38. The van der Waals surface area contributed by atoms with Gasteiger partial charge in [0, 0.05) is 11.1 Å². The Morgan fingerprint density at radius 1 is 0.921 bits per heavy atom. The van der Waals surface area contributed by atoms with E-state index in [2.05, 4.69) is 80.9 Å². The van der Waals surface area contributed by atoms with Crippen LogP contribution in [0.1, 0.15) is 47.0 Å². The minimum Gasteiger partial charge on any atom is -0.322 e. The molecule has 2 aromatic heterocycles. The molecule has 0 amide bonds. The summed E-state index contributed by atoms with van der Waals surface area (Å²) in [6, 6.07) is 28.7. The Kier molecular flexibility index (Phi) is 6.84. The second-order valence-electron chi connectivity index (χ2n) is 10.4. The van der Waals surface area contributed by atoms with Crippen molar-refractivity contribution in [2.75, 3.05) is 13.1 Å². The Bertz CT molecular complexity index is 1570. The Morgan fingerprint density at radius 2 is 1.63 bits per heavy atom. The molecule has 38 heavy (non-hydrogen) atoms. The van der Waals surface area contributed by atoms with Crippen molar-refractivity contribution in [2.24, 2.45) is 5.92 Å². The van der Waals surface area contributed by atoms with Gasteiger partial charge in [0.25, 0.3) is 5.56 Å². The number of rotatable bonds is 7. The first-order valence-electron chi connectivity index (χ1n) is 13.4. The van der Waals surface area contributed by atoms with Crippen LogP contribution in [-0.2, 0) is 13.0 Å². The number of hydrogen-bond donors (Lipinski definition) is 1. The summed E-state index contributed by atoms with van der Waals surface area (Å²) in [5.41, 5.74) is 5.09. The van der Waals surface area contributed by atoms with E-state index >= 15 is 0 Å². The van der Waals surface area contributed by atoms with Crippen LogP contribution in [0.4, 0.5) is 0 Å². The molecule has 5 aromatic rings. The molecule has 0 unspecified atom stereocenters. The lowest BCUT2D eigenvalue weighted by Gasteiger charge is -2.37. The van der Waals surface area contributed by atoms with Gasteiger partial charge in [-0.2, -0.15) is 0 Å². The molecule has 7 nitrogen and oxygen atoms in total. The fraction of sp³-hybridized carbons (Fsp3) is 0.290. The van der Waals surface area contributed by atoms with E-state index < -0.39 is 0 Å². The van der Waals surface area contributed by atoms with Crippen molar-refractivity contribution in [3.05, 3.63) is 123 Å². The largest absolute Gasteiger partial charge is 0.322 e. The van der Waals surface area contributed by atoms with E-state index in [-0.39, 0.29) is 11.6 Å². The van der Waals surface area contributed by atoms with E-state index in [1.165, 1.54) is 5.56 Å². The van der Waals surface area contributed by atoms with Crippen LogP contribution in [0.25, 0.3) is 10.9 Å².